The van der Waals surface area contributed by atoms with Gasteiger partial charge in [-0.25, -0.2) is 9.97 Å². The number of fused-ring (bicyclic) bond motifs is 2. The van der Waals surface area contributed by atoms with Crippen molar-refractivity contribution in [3.63, 3.8) is 0 Å². The van der Waals surface area contributed by atoms with Crippen LogP contribution in [0.1, 0.15) is 11.4 Å². The lowest BCUT2D eigenvalue weighted by Crippen LogP contribution is -1.91. The van der Waals surface area contributed by atoms with Gasteiger partial charge in [0.05, 0.1) is 44.4 Å². The first kappa shape index (κ1) is 14.9. The maximum Gasteiger partial charge on any atom is 0.278 e. The molecule has 0 saturated heterocycles. The Kier molecular flexibility index (Phi) is 3.63. The summed E-state index contributed by atoms with van der Waals surface area (Å²) in [5, 5.41) is 11.6. The number of para-hydroxylation sites is 2. The van der Waals surface area contributed by atoms with Crippen molar-refractivity contribution in [1.82, 2.24) is 15.0 Å². The summed E-state index contributed by atoms with van der Waals surface area (Å²) in [6.45, 7) is 0. The number of non-ortho nitro benzene ring substituents is 1. The lowest BCUT2D eigenvalue weighted by Gasteiger charge is -2.01. The average molecular weight is 328 g/mol. The van der Waals surface area contributed by atoms with Crippen LogP contribution in [0.2, 0.25) is 0 Å². The van der Waals surface area contributed by atoms with Gasteiger partial charge in [0.2, 0.25) is 0 Å². The van der Waals surface area contributed by atoms with E-state index in [2.05, 4.69) is 15.0 Å². The first-order chi connectivity index (χ1) is 12.2. The summed E-state index contributed by atoms with van der Waals surface area (Å²) in [7, 11) is 0. The molecular weight excluding hydrogens is 316 g/mol. The summed E-state index contributed by atoms with van der Waals surface area (Å²) in [5.74, 6) is 0. The van der Waals surface area contributed by atoms with Crippen LogP contribution in [0.4, 0.5) is 5.69 Å². The summed E-state index contributed by atoms with van der Waals surface area (Å²) in [4.78, 5) is 24.0. The van der Waals surface area contributed by atoms with E-state index in [-0.39, 0.29) is 5.69 Å². The zero-order valence-electron chi connectivity index (χ0n) is 13.0. The zero-order valence-corrected chi connectivity index (χ0v) is 13.0. The number of hydrogen-bond donors (Lipinski definition) is 0. The first-order valence-electron chi connectivity index (χ1n) is 7.65. The van der Waals surface area contributed by atoms with E-state index in [4.69, 9.17) is 0 Å². The van der Waals surface area contributed by atoms with Crippen molar-refractivity contribution in [2.24, 2.45) is 0 Å². The molecular formula is C19H12N4O2. The van der Waals surface area contributed by atoms with Gasteiger partial charge in [0.15, 0.2) is 0 Å². The summed E-state index contributed by atoms with van der Waals surface area (Å²) in [6.07, 6.45) is 5.34. The predicted octanol–water partition coefficient (Wildman–Crippen LogP) is 4.26. The minimum atomic E-state index is -0.399. The SMILES string of the molecule is O=[N+]([O-])c1cccc2nc(/C=C/c3cnc4ccccc4n3)ccc12. The fourth-order valence-corrected chi connectivity index (χ4v) is 2.63. The Labute approximate surface area is 142 Å². The molecule has 6 heteroatoms. The molecule has 0 aliphatic rings. The molecule has 0 fully saturated rings. The quantitative estimate of drug-likeness (QED) is 0.414. The molecule has 0 aliphatic carbocycles. The van der Waals surface area contributed by atoms with Crippen LogP contribution in [0.25, 0.3) is 34.1 Å². The van der Waals surface area contributed by atoms with Crippen LogP contribution in [0, 0.1) is 10.1 Å². The molecule has 0 radical (unpaired) electrons. The van der Waals surface area contributed by atoms with Crippen molar-refractivity contribution in [2.45, 2.75) is 0 Å². The first-order valence-corrected chi connectivity index (χ1v) is 7.65. The molecule has 120 valence electrons. The molecule has 0 atom stereocenters. The Balaban J connectivity index is 1.69. The monoisotopic (exact) mass is 328 g/mol. The summed E-state index contributed by atoms with van der Waals surface area (Å²) in [6, 6.07) is 16.0. The molecule has 25 heavy (non-hydrogen) atoms. The Morgan fingerprint density at radius 2 is 1.52 bits per heavy atom. The fraction of sp³-hybridized carbons (Fsp3) is 0. The standard InChI is InChI=1S/C19H12N4O2/c24-23(25)19-7-3-6-16-15(19)11-10-13(21-16)8-9-14-12-20-17-4-1-2-5-18(17)22-14/h1-12H/b9-8+. The maximum absolute atomic E-state index is 11.1. The highest BCUT2D eigenvalue weighted by Gasteiger charge is 2.11. The summed E-state index contributed by atoms with van der Waals surface area (Å²) < 4.78 is 0. The van der Waals surface area contributed by atoms with Gasteiger partial charge in [0, 0.05) is 6.07 Å². The highest BCUT2D eigenvalue weighted by atomic mass is 16.6. The Morgan fingerprint density at radius 1 is 0.800 bits per heavy atom. The third-order valence-electron chi connectivity index (χ3n) is 3.82. The van der Waals surface area contributed by atoms with Crippen LogP contribution >= 0.6 is 0 Å². The molecule has 0 bridgehead atoms. The van der Waals surface area contributed by atoms with Gasteiger partial charge in [-0.05, 0) is 42.5 Å². The van der Waals surface area contributed by atoms with E-state index in [0.717, 1.165) is 16.7 Å². The van der Waals surface area contributed by atoms with Crippen LogP contribution in [0.3, 0.4) is 0 Å². The van der Waals surface area contributed by atoms with Gasteiger partial charge >= 0.3 is 0 Å². The normalized spacial score (nSPS) is 11.4. The van der Waals surface area contributed by atoms with E-state index in [1.54, 1.807) is 30.5 Å². The van der Waals surface area contributed by atoms with Crippen LogP contribution < -0.4 is 0 Å². The molecule has 0 aliphatic heterocycles. The second kappa shape index (κ2) is 6.09. The third kappa shape index (κ3) is 2.92. The molecule has 2 aromatic carbocycles. The fourth-order valence-electron chi connectivity index (χ4n) is 2.63. The highest BCUT2D eigenvalue weighted by molar-refractivity contribution is 5.89. The van der Waals surface area contributed by atoms with E-state index < -0.39 is 4.92 Å². The lowest BCUT2D eigenvalue weighted by molar-refractivity contribution is -0.383. The predicted molar refractivity (Wildman–Crippen MR) is 96.9 cm³/mol. The van der Waals surface area contributed by atoms with Crippen LogP contribution in [0.5, 0.6) is 0 Å². The van der Waals surface area contributed by atoms with Gasteiger partial charge in [-0.3, -0.25) is 15.1 Å². The second-order valence-electron chi connectivity index (χ2n) is 5.45. The molecule has 0 N–H and O–H groups in total. The van der Waals surface area contributed by atoms with Crippen molar-refractivity contribution in [1.29, 1.82) is 0 Å². The minimum absolute atomic E-state index is 0.0564. The maximum atomic E-state index is 11.1. The summed E-state index contributed by atoms with van der Waals surface area (Å²) >= 11 is 0. The number of nitro groups is 1. The number of aromatic nitrogens is 3. The van der Waals surface area contributed by atoms with Crippen molar-refractivity contribution in [3.8, 4) is 0 Å². The number of pyridine rings is 1. The number of hydrogen-bond acceptors (Lipinski definition) is 5. The highest BCUT2D eigenvalue weighted by Crippen LogP contribution is 2.24. The second-order valence-corrected chi connectivity index (χ2v) is 5.45. The molecule has 0 spiro atoms. The Morgan fingerprint density at radius 3 is 2.36 bits per heavy atom. The third-order valence-corrected chi connectivity index (χ3v) is 3.82. The van der Waals surface area contributed by atoms with Gasteiger partial charge in [-0.15, -0.1) is 0 Å². The van der Waals surface area contributed by atoms with Crippen LogP contribution in [-0.2, 0) is 0 Å². The van der Waals surface area contributed by atoms with E-state index in [0.29, 0.717) is 16.6 Å². The van der Waals surface area contributed by atoms with Gasteiger partial charge in [-0.1, -0.05) is 18.2 Å². The van der Waals surface area contributed by atoms with E-state index >= 15 is 0 Å². The molecule has 4 aromatic rings. The van der Waals surface area contributed by atoms with Crippen LogP contribution in [-0.4, -0.2) is 19.9 Å². The molecule has 0 amide bonds. The molecule has 2 aromatic heterocycles. The molecule has 6 nitrogen and oxygen atoms in total. The number of benzene rings is 2. The van der Waals surface area contributed by atoms with Gasteiger partial charge in [-0.2, -0.15) is 0 Å². The van der Waals surface area contributed by atoms with Crippen molar-refractivity contribution in [2.75, 3.05) is 0 Å². The van der Waals surface area contributed by atoms with Crippen molar-refractivity contribution >= 4 is 39.8 Å². The van der Waals surface area contributed by atoms with Crippen LogP contribution in [0.15, 0.2) is 60.8 Å². The largest absolute Gasteiger partial charge is 0.278 e. The van der Waals surface area contributed by atoms with Crippen molar-refractivity contribution in [3.05, 3.63) is 82.3 Å². The minimum Gasteiger partial charge on any atom is -0.258 e. The molecule has 4 rings (SSSR count). The Bertz CT molecular complexity index is 1140. The summed E-state index contributed by atoms with van der Waals surface area (Å²) in [5.41, 5.74) is 3.73. The number of nitrogens with zero attached hydrogens (tertiary/aromatic N) is 4. The molecule has 2 heterocycles. The molecule has 0 saturated carbocycles. The van der Waals surface area contributed by atoms with E-state index in [9.17, 15) is 10.1 Å². The van der Waals surface area contributed by atoms with E-state index in [1.807, 2.05) is 36.4 Å². The lowest BCUT2D eigenvalue weighted by atomic mass is 10.1. The van der Waals surface area contributed by atoms with E-state index in [1.165, 1.54) is 6.07 Å². The average Bonchev–Trinajstić information content (AvgIpc) is 2.65. The smallest absolute Gasteiger partial charge is 0.258 e. The number of nitro benzene ring substituents is 1. The zero-order chi connectivity index (χ0) is 17.2. The van der Waals surface area contributed by atoms with Gasteiger partial charge < -0.3 is 0 Å². The van der Waals surface area contributed by atoms with Gasteiger partial charge in [0.1, 0.15) is 0 Å². The number of rotatable bonds is 3. The Hall–Kier alpha value is -3.67. The topological polar surface area (TPSA) is 81.8 Å². The van der Waals surface area contributed by atoms with Gasteiger partial charge in [0.25, 0.3) is 5.69 Å². The molecule has 0 unspecified atom stereocenters. The van der Waals surface area contributed by atoms with Crippen molar-refractivity contribution < 1.29 is 4.92 Å².